The number of aromatic carboxylic acids is 1. The number of hydrogen-bond acceptors (Lipinski definition) is 7. The van der Waals surface area contributed by atoms with Crippen molar-refractivity contribution < 1.29 is 14.7 Å². The molecule has 2 aromatic carbocycles. The van der Waals surface area contributed by atoms with Crippen LogP contribution in [0.25, 0.3) is 11.3 Å². The van der Waals surface area contributed by atoms with Crippen molar-refractivity contribution in [3.05, 3.63) is 81.1 Å². The molecule has 0 aliphatic heterocycles. The van der Waals surface area contributed by atoms with Gasteiger partial charge in [0.15, 0.2) is 0 Å². The molecule has 1 aromatic heterocycles. The molecule has 0 atom stereocenters. The number of carbonyl (C=O) groups is 2. The Morgan fingerprint density at radius 3 is 2.36 bits per heavy atom. The molecule has 0 saturated heterocycles. The molecule has 0 fully saturated rings. The number of carbonyl (C=O) groups excluding carboxylic acids is 1. The molecule has 3 aromatic rings. The number of nitrogen functional groups attached to an aromatic ring is 2. The summed E-state index contributed by atoms with van der Waals surface area (Å²) in [4.78, 5) is 37.9. The Balaban J connectivity index is 1.99. The number of hydrogen-bond donors (Lipinski definition) is 6. The van der Waals surface area contributed by atoms with Crippen LogP contribution in [0.2, 0.25) is 0 Å². The summed E-state index contributed by atoms with van der Waals surface area (Å²) in [7, 11) is 5.17. The minimum atomic E-state index is -1.16. The second kappa shape index (κ2) is 10.7. The topological polar surface area (TPSA) is 180 Å². The maximum absolute atomic E-state index is 13.4. The first-order valence-corrected chi connectivity index (χ1v) is 11.0. The van der Waals surface area contributed by atoms with E-state index in [2.05, 4.69) is 10.7 Å². The fourth-order valence-electron chi connectivity index (χ4n) is 3.80. The predicted molar refractivity (Wildman–Crippen MR) is 139 cm³/mol. The highest BCUT2D eigenvalue weighted by atomic mass is 16.4. The van der Waals surface area contributed by atoms with Crippen molar-refractivity contribution in [1.29, 1.82) is 5.41 Å². The number of rotatable bonds is 9. The van der Waals surface area contributed by atoms with Crippen molar-refractivity contribution in [1.82, 2.24) is 14.9 Å². The number of nitrogens with one attached hydrogen (secondary N) is 3. The summed E-state index contributed by atoms with van der Waals surface area (Å²) >= 11 is 0. The first kappa shape index (κ1) is 26.0. The summed E-state index contributed by atoms with van der Waals surface area (Å²) in [6, 6.07) is 11.2. The Bertz CT molecular complexity index is 1380. The molecule has 0 bridgehead atoms. The molecule has 11 heteroatoms. The predicted octanol–water partition coefficient (Wildman–Crippen LogP) is 1.36. The molecule has 0 spiro atoms. The second-order valence-corrected chi connectivity index (χ2v) is 8.53. The van der Waals surface area contributed by atoms with Gasteiger partial charge in [-0.2, -0.15) is 0 Å². The quantitative estimate of drug-likeness (QED) is 0.112. The second-order valence-electron chi connectivity index (χ2n) is 8.53. The van der Waals surface area contributed by atoms with Crippen molar-refractivity contribution in [2.75, 3.05) is 25.3 Å². The first-order chi connectivity index (χ1) is 17.0. The standard InChI is InChI=1S/C25H29N7O4/c1-31(2)30-20-13-32(3)22(16-8-17(25(35)36)10-18(26)9-16)19(23(20)34)11-21(33)29-12-14-4-6-15(7-5-14)24(27)28/h4-10,13,30H,11-12,26H2,1-3H3,(H3,27,28)(H,29,33)(H,35,36). The third kappa shape index (κ3) is 6.07. The van der Waals surface area contributed by atoms with Crippen LogP contribution in [0.3, 0.4) is 0 Å². The number of nitrogens with two attached hydrogens (primary N) is 2. The molecular formula is C25H29N7O4. The minimum absolute atomic E-state index is 0.0302. The van der Waals surface area contributed by atoms with Gasteiger partial charge in [-0.3, -0.25) is 15.0 Å². The molecule has 8 N–H and O–H groups in total. The van der Waals surface area contributed by atoms with Crippen LogP contribution in [0.5, 0.6) is 0 Å². The summed E-state index contributed by atoms with van der Waals surface area (Å²) in [5.41, 5.74) is 16.8. The van der Waals surface area contributed by atoms with Gasteiger partial charge in [0.25, 0.3) is 0 Å². The number of hydrazine groups is 1. The zero-order valence-corrected chi connectivity index (χ0v) is 20.3. The van der Waals surface area contributed by atoms with Crippen LogP contribution in [-0.4, -0.2) is 46.5 Å². The largest absolute Gasteiger partial charge is 0.478 e. The maximum atomic E-state index is 13.4. The van der Waals surface area contributed by atoms with E-state index in [1.807, 2.05) is 0 Å². The van der Waals surface area contributed by atoms with E-state index in [9.17, 15) is 19.5 Å². The smallest absolute Gasteiger partial charge is 0.335 e. The number of benzene rings is 2. The number of aromatic nitrogens is 1. The van der Waals surface area contributed by atoms with Gasteiger partial charge in [-0.15, -0.1) is 0 Å². The molecule has 1 heterocycles. The Morgan fingerprint density at radius 1 is 1.11 bits per heavy atom. The van der Waals surface area contributed by atoms with Gasteiger partial charge in [0, 0.05) is 56.3 Å². The lowest BCUT2D eigenvalue weighted by Crippen LogP contribution is -2.31. The molecule has 188 valence electrons. The number of anilines is 2. The number of aryl methyl sites for hydroxylation is 1. The van der Waals surface area contributed by atoms with Crippen LogP contribution in [0.1, 0.15) is 27.0 Å². The zero-order chi connectivity index (χ0) is 26.6. The molecule has 0 aliphatic carbocycles. The van der Waals surface area contributed by atoms with Gasteiger partial charge in [0.05, 0.1) is 17.7 Å². The lowest BCUT2D eigenvalue weighted by atomic mass is 9.99. The number of carboxylic acids is 1. The highest BCUT2D eigenvalue weighted by Gasteiger charge is 2.20. The monoisotopic (exact) mass is 491 g/mol. The van der Waals surface area contributed by atoms with Crippen LogP contribution in [0, 0.1) is 5.41 Å². The first-order valence-electron chi connectivity index (χ1n) is 11.0. The van der Waals surface area contributed by atoms with Crippen LogP contribution in [0.15, 0.2) is 53.5 Å². The molecule has 0 aliphatic rings. The van der Waals surface area contributed by atoms with E-state index in [4.69, 9.17) is 16.9 Å². The third-order valence-corrected chi connectivity index (χ3v) is 5.39. The zero-order valence-electron chi connectivity index (χ0n) is 20.3. The van der Waals surface area contributed by atoms with Gasteiger partial charge in [0.2, 0.25) is 11.3 Å². The lowest BCUT2D eigenvalue weighted by Gasteiger charge is -2.20. The van der Waals surface area contributed by atoms with Crippen molar-refractivity contribution in [2.24, 2.45) is 12.8 Å². The number of pyridine rings is 1. The van der Waals surface area contributed by atoms with Gasteiger partial charge in [-0.05, 0) is 23.8 Å². The molecule has 11 nitrogen and oxygen atoms in total. The van der Waals surface area contributed by atoms with Crippen LogP contribution < -0.4 is 27.6 Å². The molecular weight excluding hydrogens is 462 g/mol. The number of carboxylic acid groups (broad SMARTS) is 1. The van der Waals surface area contributed by atoms with Crippen LogP contribution in [-0.2, 0) is 24.8 Å². The average Bonchev–Trinajstić information content (AvgIpc) is 2.80. The number of amides is 1. The van der Waals surface area contributed by atoms with Crippen molar-refractivity contribution in [3.63, 3.8) is 0 Å². The van der Waals surface area contributed by atoms with Gasteiger partial charge in [-0.1, -0.05) is 24.3 Å². The van der Waals surface area contributed by atoms with Crippen molar-refractivity contribution >= 4 is 29.1 Å². The molecule has 1 amide bonds. The molecule has 36 heavy (non-hydrogen) atoms. The highest BCUT2D eigenvalue weighted by Crippen LogP contribution is 2.27. The highest BCUT2D eigenvalue weighted by molar-refractivity contribution is 5.95. The van der Waals surface area contributed by atoms with Crippen molar-refractivity contribution in [2.45, 2.75) is 13.0 Å². The summed E-state index contributed by atoms with van der Waals surface area (Å²) in [5, 5.41) is 21.3. The Labute approximate surface area is 207 Å². The van der Waals surface area contributed by atoms with E-state index >= 15 is 0 Å². The molecule has 0 saturated carbocycles. The van der Waals surface area contributed by atoms with Gasteiger partial charge < -0.3 is 31.9 Å². The SMILES string of the molecule is CN(C)Nc1cn(C)c(-c2cc(N)cc(C(=O)O)c2)c(CC(=O)NCc2ccc(C(=N)N)cc2)c1=O. The van der Waals surface area contributed by atoms with E-state index in [-0.39, 0.29) is 41.3 Å². The normalized spacial score (nSPS) is 10.8. The minimum Gasteiger partial charge on any atom is -0.478 e. The van der Waals surface area contributed by atoms with E-state index in [0.29, 0.717) is 16.8 Å². The summed E-state index contributed by atoms with van der Waals surface area (Å²) in [5.74, 6) is -1.60. The Morgan fingerprint density at radius 2 is 1.78 bits per heavy atom. The summed E-state index contributed by atoms with van der Waals surface area (Å²) in [6.45, 7) is 0.212. The summed E-state index contributed by atoms with van der Waals surface area (Å²) in [6.07, 6.45) is 1.34. The van der Waals surface area contributed by atoms with E-state index in [0.717, 1.165) is 5.56 Å². The fraction of sp³-hybridized carbons (Fsp3) is 0.200. The summed E-state index contributed by atoms with van der Waals surface area (Å²) < 4.78 is 1.66. The van der Waals surface area contributed by atoms with E-state index in [1.165, 1.54) is 12.1 Å². The average molecular weight is 492 g/mol. The molecule has 0 radical (unpaired) electrons. The molecule has 3 rings (SSSR count). The number of nitrogens with zero attached hydrogens (tertiary/aromatic N) is 2. The lowest BCUT2D eigenvalue weighted by molar-refractivity contribution is -0.120. The Kier molecular flexibility index (Phi) is 7.75. The molecule has 0 unspecified atom stereocenters. The fourth-order valence-corrected chi connectivity index (χ4v) is 3.80. The Hall–Kier alpha value is -4.64. The van der Waals surface area contributed by atoms with E-state index < -0.39 is 17.3 Å². The van der Waals surface area contributed by atoms with Gasteiger partial charge in [0.1, 0.15) is 11.5 Å². The van der Waals surface area contributed by atoms with Gasteiger partial charge >= 0.3 is 5.97 Å². The number of amidine groups is 1. The van der Waals surface area contributed by atoms with E-state index in [1.54, 1.807) is 67.2 Å². The maximum Gasteiger partial charge on any atom is 0.335 e. The van der Waals surface area contributed by atoms with Crippen LogP contribution >= 0.6 is 0 Å². The third-order valence-electron chi connectivity index (χ3n) is 5.39. The van der Waals surface area contributed by atoms with Gasteiger partial charge in [-0.25, -0.2) is 9.80 Å². The van der Waals surface area contributed by atoms with Crippen molar-refractivity contribution in [3.8, 4) is 11.3 Å². The van der Waals surface area contributed by atoms with Crippen LogP contribution in [0.4, 0.5) is 11.4 Å².